The Morgan fingerprint density at radius 1 is 0.906 bits per heavy atom. The fourth-order valence-electron chi connectivity index (χ4n) is 3.18. The Morgan fingerprint density at radius 3 is 2.03 bits per heavy atom. The zero-order valence-corrected chi connectivity index (χ0v) is 18.4. The third-order valence-electron chi connectivity index (χ3n) is 4.35. The van der Waals surface area contributed by atoms with E-state index >= 15 is 0 Å². The van der Waals surface area contributed by atoms with Crippen molar-refractivity contribution in [1.82, 2.24) is 5.32 Å². The molecule has 174 valence electrons. The predicted molar refractivity (Wildman–Crippen MR) is 110 cm³/mol. The Labute approximate surface area is 185 Å². The molecule has 0 spiro atoms. The smallest absolute Gasteiger partial charge is 0.303 e. The molecule has 10 nitrogen and oxygen atoms in total. The number of carbonyl (C=O) groups excluding carboxylic acids is 4. The van der Waals surface area contributed by atoms with Crippen LogP contribution in [-0.4, -0.2) is 61.1 Å². The molecule has 1 fully saturated rings. The highest BCUT2D eigenvalue weighted by Gasteiger charge is 2.52. The van der Waals surface area contributed by atoms with Crippen molar-refractivity contribution in [3.8, 4) is 0 Å². The minimum Gasteiger partial charge on any atom is -0.468 e. The molecule has 0 aromatic heterocycles. The molecule has 1 heterocycles. The summed E-state index contributed by atoms with van der Waals surface area (Å²) in [5, 5.41) is 2.73. The van der Waals surface area contributed by atoms with E-state index in [1.807, 2.05) is 0 Å². The summed E-state index contributed by atoms with van der Waals surface area (Å²) in [5.74, 6) is -2.19. The van der Waals surface area contributed by atoms with Crippen LogP contribution in [0, 0.1) is 0 Å². The fourth-order valence-corrected chi connectivity index (χ4v) is 3.18. The van der Waals surface area contributed by atoms with Gasteiger partial charge in [0.1, 0.15) is 18.8 Å². The van der Waals surface area contributed by atoms with Crippen LogP contribution in [0.5, 0.6) is 0 Å². The first kappa shape index (κ1) is 24.9. The Morgan fingerprint density at radius 2 is 1.50 bits per heavy atom. The van der Waals surface area contributed by atoms with Crippen LogP contribution in [0.4, 0.5) is 0 Å². The number of esters is 3. The monoisotopic (exact) mass is 449 g/mol. The van der Waals surface area contributed by atoms with Crippen molar-refractivity contribution < 1.29 is 42.9 Å². The molecule has 0 bridgehead atoms. The van der Waals surface area contributed by atoms with Gasteiger partial charge in [0.05, 0.1) is 5.76 Å². The zero-order valence-electron chi connectivity index (χ0n) is 18.4. The maximum absolute atomic E-state index is 12.8. The predicted octanol–water partition coefficient (Wildman–Crippen LogP) is 1.49. The summed E-state index contributed by atoms with van der Waals surface area (Å²) in [6, 6.07) is 7.25. The summed E-state index contributed by atoms with van der Waals surface area (Å²) in [5.41, 5.74) is 0.342. The van der Waals surface area contributed by atoms with Crippen LogP contribution >= 0.6 is 0 Å². The van der Waals surface area contributed by atoms with Crippen LogP contribution in [0.3, 0.4) is 0 Å². The maximum Gasteiger partial charge on any atom is 0.303 e. The first-order valence-electron chi connectivity index (χ1n) is 9.89. The number of carbonyl (C=O) groups is 4. The molecular formula is C22H27NO9. The summed E-state index contributed by atoms with van der Waals surface area (Å²) >= 11 is 0. The van der Waals surface area contributed by atoms with Crippen LogP contribution in [-0.2, 0) is 38.1 Å². The van der Waals surface area contributed by atoms with Crippen molar-refractivity contribution in [3.05, 3.63) is 48.2 Å². The molecule has 2 rings (SSSR count). The van der Waals surface area contributed by atoms with Gasteiger partial charge in [-0.2, -0.15) is 0 Å². The molecule has 1 aromatic rings. The lowest BCUT2D eigenvalue weighted by molar-refractivity contribution is -0.267. The molecule has 10 heteroatoms. The highest BCUT2D eigenvalue weighted by Crippen LogP contribution is 2.29. The Balaban J connectivity index is 2.44. The van der Waals surface area contributed by atoms with Crippen molar-refractivity contribution in [2.45, 2.75) is 58.3 Å². The van der Waals surface area contributed by atoms with Crippen molar-refractivity contribution in [2.75, 3.05) is 6.61 Å². The van der Waals surface area contributed by atoms with Crippen LogP contribution in [0.25, 0.3) is 0 Å². The van der Waals surface area contributed by atoms with E-state index in [0.717, 1.165) is 0 Å². The Hall–Kier alpha value is -3.40. The number of ether oxygens (including phenoxy) is 5. The van der Waals surface area contributed by atoms with Gasteiger partial charge in [-0.15, -0.1) is 0 Å². The van der Waals surface area contributed by atoms with E-state index in [1.54, 1.807) is 37.3 Å². The second-order valence-electron chi connectivity index (χ2n) is 7.18. The SMILES string of the molecule is C=C(C)OC1OC(COC(C)=O)[C@H](OC(C)=O)[C@H](OC(C)=O)[C@H]1NC(=O)c1ccccc1. The second-order valence-corrected chi connectivity index (χ2v) is 7.18. The zero-order chi connectivity index (χ0) is 23.8. The molecular weight excluding hydrogens is 422 g/mol. The number of amides is 1. The Kier molecular flexibility index (Phi) is 8.77. The number of allylic oxidation sites excluding steroid dienone is 1. The highest BCUT2D eigenvalue weighted by atomic mass is 16.7. The topological polar surface area (TPSA) is 126 Å². The lowest BCUT2D eigenvalue weighted by atomic mass is 9.95. The molecule has 1 aliphatic heterocycles. The summed E-state index contributed by atoms with van der Waals surface area (Å²) in [4.78, 5) is 47.8. The van der Waals surface area contributed by atoms with E-state index in [4.69, 9.17) is 23.7 Å². The number of rotatable bonds is 8. The van der Waals surface area contributed by atoms with Gasteiger partial charge < -0.3 is 29.0 Å². The number of nitrogens with one attached hydrogen (secondary N) is 1. The number of benzene rings is 1. The van der Waals surface area contributed by atoms with Crippen molar-refractivity contribution in [3.63, 3.8) is 0 Å². The first-order chi connectivity index (χ1) is 15.1. The quantitative estimate of drug-likeness (QED) is 0.357. The normalized spacial score (nSPS) is 24.6. The third kappa shape index (κ3) is 7.09. The van der Waals surface area contributed by atoms with Crippen LogP contribution in [0.1, 0.15) is 38.1 Å². The molecule has 1 aromatic carbocycles. The molecule has 2 unspecified atom stereocenters. The Bertz CT molecular complexity index is 854. The van der Waals surface area contributed by atoms with Gasteiger partial charge >= 0.3 is 17.9 Å². The van der Waals surface area contributed by atoms with Gasteiger partial charge in [0.25, 0.3) is 5.91 Å². The van der Waals surface area contributed by atoms with Gasteiger partial charge in [0, 0.05) is 26.3 Å². The van der Waals surface area contributed by atoms with E-state index in [2.05, 4.69) is 11.9 Å². The van der Waals surface area contributed by atoms with Crippen LogP contribution in [0.2, 0.25) is 0 Å². The molecule has 0 aliphatic carbocycles. The summed E-state index contributed by atoms with van der Waals surface area (Å²) in [6.45, 7) is 8.49. The molecule has 1 N–H and O–H groups in total. The number of hydrogen-bond donors (Lipinski definition) is 1. The lowest BCUT2D eigenvalue weighted by Crippen LogP contribution is -2.66. The molecule has 0 radical (unpaired) electrons. The first-order valence-corrected chi connectivity index (χ1v) is 9.89. The second kappa shape index (κ2) is 11.3. The highest BCUT2D eigenvalue weighted by molar-refractivity contribution is 5.94. The average molecular weight is 449 g/mol. The molecule has 1 aliphatic rings. The fraction of sp³-hybridized carbons (Fsp3) is 0.455. The van der Waals surface area contributed by atoms with E-state index in [-0.39, 0.29) is 12.4 Å². The summed E-state index contributed by atoms with van der Waals surface area (Å²) < 4.78 is 27.3. The molecule has 1 amide bonds. The van der Waals surface area contributed by atoms with E-state index in [0.29, 0.717) is 5.56 Å². The van der Waals surface area contributed by atoms with Crippen LogP contribution in [0.15, 0.2) is 42.7 Å². The van der Waals surface area contributed by atoms with E-state index in [9.17, 15) is 19.2 Å². The molecule has 5 atom stereocenters. The average Bonchev–Trinajstić information content (AvgIpc) is 2.70. The van der Waals surface area contributed by atoms with Crippen molar-refractivity contribution >= 4 is 23.8 Å². The van der Waals surface area contributed by atoms with Crippen molar-refractivity contribution in [1.29, 1.82) is 0 Å². The van der Waals surface area contributed by atoms with Gasteiger partial charge in [0.2, 0.25) is 6.29 Å². The largest absolute Gasteiger partial charge is 0.468 e. The standard InChI is InChI=1S/C22H27NO9/c1-12(2)29-22-18(23-21(27)16-9-7-6-8-10-16)20(31-15(5)26)19(30-14(4)25)17(32-22)11-28-13(3)24/h6-10,17-20,22H,1,11H2,2-5H3,(H,23,27)/t17?,18-,19+,20-,22?/m1/s1. The molecule has 1 saturated heterocycles. The minimum absolute atomic E-state index is 0.257. The lowest BCUT2D eigenvalue weighted by Gasteiger charge is -2.44. The minimum atomic E-state index is -1.21. The van der Waals surface area contributed by atoms with Gasteiger partial charge in [-0.1, -0.05) is 24.8 Å². The maximum atomic E-state index is 12.8. The number of hydrogen-bond acceptors (Lipinski definition) is 9. The third-order valence-corrected chi connectivity index (χ3v) is 4.35. The van der Waals surface area contributed by atoms with E-state index in [1.165, 1.54) is 20.8 Å². The summed E-state index contributed by atoms with van der Waals surface area (Å²) in [6.07, 6.45) is -4.62. The molecule has 0 saturated carbocycles. The van der Waals surface area contributed by atoms with Crippen LogP contribution < -0.4 is 5.32 Å². The van der Waals surface area contributed by atoms with Gasteiger partial charge in [-0.05, 0) is 19.1 Å². The molecule has 32 heavy (non-hydrogen) atoms. The van der Waals surface area contributed by atoms with Gasteiger partial charge in [0.15, 0.2) is 12.2 Å². The summed E-state index contributed by atoms with van der Waals surface area (Å²) in [7, 11) is 0. The van der Waals surface area contributed by atoms with Gasteiger partial charge in [-0.3, -0.25) is 19.2 Å². The van der Waals surface area contributed by atoms with Crippen molar-refractivity contribution in [2.24, 2.45) is 0 Å². The van der Waals surface area contributed by atoms with E-state index < -0.39 is 54.5 Å². The van der Waals surface area contributed by atoms with Gasteiger partial charge in [-0.25, -0.2) is 0 Å².